The van der Waals surface area contributed by atoms with Gasteiger partial charge in [0.15, 0.2) is 0 Å². The molecular formula is C10H9FO3. The number of hydrogen-bond donors (Lipinski definition) is 0. The molecule has 1 aromatic carbocycles. The van der Waals surface area contributed by atoms with Crippen molar-refractivity contribution in [1.29, 1.82) is 0 Å². The molecule has 0 atom stereocenters. The van der Waals surface area contributed by atoms with E-state index in [1.165, 1.54) is 24.3 Å². The molecular weight excluding hydrogens is 187 g/mol. The number of halogens is 1. The number of hydrogen-bond acceptors (Lipinski definition) is 3. The van der Waals surface area contributed by atoms with Gasteiger partial charge in [0.1, 0.15) is 0 Å². The third kappa shape index (κ3) is 2.39. The monoisotopic (exact) mass is 196 g/mol. The van der Waals surface area contributed by atoms with Crippen LogP contribution in [0.15, 0.2) is 24.3 Å². The van der Waals surface area contributed by atoms with Gasteiger partial charge >= 0.3 is 12.0 Å². The van der Waals surface area contributed by atoms with E-state index in [1.807, 2.05) is 0 Å². The number of carbonyl (C=O) groups is 2. The Labute approximate surface area is 80.5 Å². The molecule has 3 nitrogen and oxygen atoms in total. The van der Waals surface area contributed by atoms with Crippen LogP contribution in [0, 0.1) is 0 Å². The first-order chi connectivity index (χ1) is 6.65. The van der Waals surface area contributed by atoms with Gasteiger partial charge in [-0.2, -0.15) is 4.39 Å². The molecule has 0 spiro atoms. The molecule has 0 unspecified atom stereocenters. The van der Waals surface area contributed by atoms with E-state index in [4.69, 9.17) is 4.74 Å². The molecule has 0 fully saturated rings. The molecule has 0 N–H and O–H groups in total. The third-order valence-corrected chi connectivity index (χ3v) is 1.62. The molecule has 0 aliphatic rings. The molecule has 0 saturated heterocycles. The number of rotatable bonds is 3. The fourth-order valence-electron chi connectivity index (χ4n) is 0.952. The van der Waals surface area contributed by atoms with E-state index in [0.29, 0.717) is 5.56 Å². The number of benzene rings is 1. The summed E-state index contributed by atoms with van der Waals surface area (Å²) in [7, 11) is 0. The van der Waals surface area contributed by atoms with Crippen LogP contribution in [0.5, 0.6) is 0 Å². The summed E-state index contributed by atoms with van der Waals surface area (Å²) in [5.74, 6) is -0.481. The predicted octanol–water partition coefficient (Wildman–Crippen LogP) is 1.97. The zero-order chi connectivity index (χ0) is 10.6. The highest BCUT2D eigenvalue weighted by atomic mass is 19.1. The average Bonchev–Trinajstić information content (AvgIpc) is 2.18. The highest BCUT2D eigenvalue weighted by molar-refractivity contribution is 5.92. The van der Waals surface area contributed by atoms with Crippen molar-refractivity contribution in [3.05, 3.63) is 35.4 Å². The zero-order valence-electron chi connectivity index (χ0n) is 7.62. The lowest BCUT2D eigenvalue weighted by molar-refractivity contribution is 0.0525. The second-order valence-corrected chi connectivity index (χ2v) is 2.57. The second-order valence-electron chi connectivity index (χ2n) is 2.57. The molecule has 0 radical (unpaired) electrons. The maximum absolute atomic E-state index is 12.2. The number of ether oxygens (including phenoxy) is 1. The second kappa shape index (κ2) is 4.50. The molecule has 0 amide bonds. The van der Waals surface area contributed by atoms with E-state index < -0.39 is 12.0 Å². The van der Waals surface area contributed by atoms with E-state index in [-0.39, 0.29) is 12.2 Å². The first-order valence-electron chi connectivity index (χ1n) is 4.12. The van der Waals surface area contributed by atoms with Crippen LogP contribution < -0.4 is 0 Å². The molecule has 0 bridgehead atoms. The molecule has 14 heavy (non-hydrogen) atoms. The molecule has 1 rings (SSSR count). The number of esters is 1. The Morgan fingerprint density at radius 2 is 1.71 bits per heavy atom. The van der Waals surface area contributed by atoms with Crippen molar-refractivity contribution >= 4 is 12.0 Å². The topological polar surface area (TPSA) is 43.4 Å². The van der Waals surface area contributed by atoms with Crippen LogP contribution in [-0.2, 0) is 4.74 Å². The van der Waals surface area contributed by atoms with Crippen molar-refractivity contribution in [1.82, 2.24) is 0 Å². The van der Waals surface area contributed by atoms with Crippen molar-refractivity contribution in [2.75, 3.05) is 6.61 Å². The molecule has 74 valence electrons. The summed E-state index contributed by atoms with van der Waals surface area (Å²) in [6.07, 6.45) is 0. The minimum Gasteiger partial charge on any atom is -0.462 e. The van der Waals surface area contributed by atoms with Gasteiger partial charge in [-0.3, -0.25) is 4.79 Å². The maximum Gasteiger partial charge on any atom is 0.338 e. The van der Waals surface area contributed by atoms with Crippen LogP contribution in [0.1, 0.15) is 27.6 Å². The highest BCUT2D eigenvalue weighted by Gasteiger charge is 2.08. The van der Waals surface area contributed by atoms with Gasteiger partial charge in [-0.25, -0.2) is 4.79 Å². The van der Waals surface area contributed by atoms with Crippen molar-refractivity contribution in [2.24, 2.45) is 0 Å². The Balaban J connectivity index is 2.83. The fraction of sp³-hybridized carbons (Fsp3) is 0.200. The highest BCUT2D eigenvalue weighted by Crippen LogP contribution is 2.07. The van der Waals surface area contributed by atoms with E-state index in [2.05, 4.69) is 0 Å². The molecule has 0 aliphatic carbocycles. The molecule has 0 aromatic heterocycles. The van der Waals surface area contributed by atoms with Gasteiger partial charge < -0.3 is 4.74 Å². The van der Waals surface area contributed by atoms with Gasteiger partial charge in [0.2, 0.25) is 0 Å². The predicted molar refractivity (Wildman–Crippen MR) is 47.8 cm³/mol. The summed E-state index contributed by atoms with van der Waals surface area (Å²) >= 11 is 0. The van der Waals surface area contributed by atoms with Crippen molar-refractivity contribution in [2.45, 2.75) is 6.92 Å². The summed E-state index contributed by atoms with van der Waals surface area (Å²) < 4.78 is 16.9. The third-order valence-electron chi connectivity index (χ3n) is 1.62. The van der Waals surface area contributed by atoms with Crippen LogP contribution in [0.2, 0.25) is 0 Å². The maximum atomic E-state index is 12.2. The van der Waals surface area contributed by atoms with E-state index in [1.54, 1.807) is 6.92 Å². The smallest absolute Gasteiger partial charge is 0.338 e. The Bertz CT molecular complexity index is 343. The molecule has 0 heterocycles. The van der Waals surface area contributed by atoms with E-state index in [9.17, 15) is 14.0 Å². The van der Waals surface area contributed by atoms with Gasteiger partial charge in [0.25, 0.3) is 0 Å². The zero-order valence-corrected chi connectivity index (χ0v) is 7.62. The van der Waals surface area contributed by atoms with Crippen LogP contribution in [-0.4, -0.2) is 18.6 Å². The SMILES string of the molecule is CCOC(=O)c1ccc(C(=O)F)cc1. The summed E-state index contributed by atoms with van der Waals surface area (Å²) in [5.41, 5.74) is 0.231. The lowest BCUT2D eigenvalue weighted by Crippen LogP contribution is -2.04. The fourth-order valence-corrected chi connectivity index (χ4v) is 0.952. The van der Waals surface area contributed by atoms with Gasteiger partial charge in [0, 0.05) is 0 Å². The molecule has 0 saturated carbocycles. The number of carbonyl (C=O) groups excluding carboxylic acids is 2. The first-order valence-corrected chi connectivity index (χ1v) is 4.12. The normalized spacial score (nSPS) is 9.57. The Morgan fingerprint density at radius 3 is 2.14 bits per heavy atom. The lowest BCUT2D eigenvalue weighted by atomic mass is 10.1. The first kappa shape index (κ1) is 10.4. The molecule has 0 aliphatic heterocycles. The quantitative estimate of drug-likeness (QED) is 0.548. The van der Waals surface area contributed by atoms with Crippen LogP contribution in [0.4, 0.5) is 4.39 Å². The average molecular weight is 196 g/mol. The Hall–Kier alpha value is -1.71. The summed E-state index contributed by atoms with van der Waals surface area (Å²) in [6, 6.07) is 3.68. The van der Waals surface area contributed by atoms with Crippen LogP contribution in [0.25, 0.3) is 0 Å². The molecule has 4 heteroatoms. The van der Waals surface area contributed by atoms with Crippen LogP contribution in [0.3, 0.4) is 0 Å². The minimum atomic E-state index is -1.51. The van der Waals surface area contributed by atoms with Crippen molar-refractivity contribution < 1.29 is 18.7 Å². The molecule has 1 aromatic rings. The largest absolute Gasteiger partial charge is 0.462 e. The Morgan fingerprint density at radius 1 is 1.21 bits per heavy atom. The van der Waals surface area contributed by atoms with Crippen molar-refractivity contribution in [3.8, 4) is 0 Å². The summed E-state index contributed by atoms with van der Waals surface area (Å²) in [5, 5.41) is 0. The minimum absolute atomic E-state index is 0.0713. The van der Waals surface area contributed by atoms with Crippen LogP contribution >= 0.6 is 0 Å². The van der Waals surface area contributed by atoms with Gasteiger partial charge in [-0.15, -0.1) is 0 Å². The van der Waals surface area contributed by atoms with Gasteiger partial charge in [-0.1, -0.05) is 0 Å². The van der Waals surface area contributed by atoms with E-state index in [0.717, 1.165) is 0 Å². The van der Waals surface area contributed by atoms with Gasteiger partial charge in [0.05, 0.1) is 17.7 Å². The van der Waals surface area contributed by atoms with Gasteiger partial charge in [-0.05, 0) is 31.2 Å². The summed E-state index contributed by atoms with van der Waals surface area (Å²) in [6.45, 7) is 1.97. The summed E-state index contributed by atoms with van der Waals surface area (Å²) in [4.78, 5) is 21.4. The standard InChI is InChI=1S/C10H9FO3/c1-2-14-10(13)8-5-3-7(4-6-8)9(11)12/h3-6H,2H2,1H3. The van der Waals surface area contributed by atoms with Crippen molar-refractivity contribution in [3.63, 3.8) is 0 Å². The van der Waals surface area contributed by atoms with E-state index >= 15 is 0 Å². The lowest BCUT2D eigenvalue weighted by Gasteiger charge is -2.00. The Kier molecular flexibility index (Phi) is 3.34.